The van der Waals surface area contributed by atoms with Crippen molar-refractivity contribution in [3.63, 3.8) is 0 Å². The molecule has 138 valence electrons. The SMILES string of the molecule is Cc1cc(C)n(Cc2ccc(B3OC(C)(C)C(C)(C)O3)cc2F)c(=O)n1. The first-order valence-electron chi connectivity index (χ1n) is 8.69. The van der Waals surface area contributed by atoms with E-state index in [1.807, 2.05) is 34.6 Å². The topological polar surface area (TPSA) is 53.4 Å². The van der Waals surface area contributed by atoms with E-state index in [1.54, 1.807) is 25.1 Å². The number of rotatable bonds is 3. The van der Waals surface area contributed by atoms with Gasteiger partial charge in [0.2, 0.25) is 0 Å². The molecule has 3 rings (SSSR count). The zero-order valence-electron chi connectivity index (χ0n) is 16.1. The van der Waals surface area contributed by atoms with Crippen LogP contribution in [-0.2, 0) is 15.9 Å². The number of hydrogen-bond acceptors (Lipinski definition) is 4. The number of halogens is 1. The van der Waals surface area contributed by atoms with Crippen molar-refractivity contribution in [2.24, 2.45) is 0 Å². The molecule has 1 aliphatic heterocycles. The van der Waals surface area contributed by atoms with Gasteiger partial charge in [0.05, 0.1) is 17.7 Å². The van der Waals surface area contributed by atoms with Crippen LogP contribution in [0.15, 0.2) is 29.1 Å². The first kappa shape index (κ1) is 18.8. The van der Waals surface area contributed by atoms with Crippen LogP contribution >= 0.6 is 0 Å². The molecule has 0 bridgehead atoms. The molecule has 1 fully saturated rings. The third-order valence-corrected chi connectivity index (χ3v) is 5.28. The molecule has 2 aromatic rings. The van der Waals surface area contributed by atoms with E-state index in [-0.39, 0.29) is 12.2 Å². The van der Waals surface area contributed by atoms with Crippen LogP contribution in [0.1, 0.15) is 44.6 Å². The first-order valence-corrected chi connectivity index (χ1v) is 8.69. The van der Waals surface area contributed by atoms with Crippen LogP contribution in [0.5, 0.6) is 0 Å². The molecule has 0 saturated carbocycles. The van der Waals surface area contributed by atoms with Crippen LogP contribution in [0.4, 0.5) is 4.39 Å². The van der Waals surface area contributed by atoms with Gasteiger partial charge in [0, 0.05) is 17.0 Å². The molecule has 26 heavy (non-hydrogen) atoms. The normalized spacial score (nSPS) is 18.3. The fraction of sp³-hybridized carbons (Fsp3) is 0.474. The molecule has 1 aromatic heterocycles. The Hall–Kier alpha value is -1.99. The third-order valence-electron chi connectivity index (χ3n) is 5.28. The van der Waals surface area contributed by atoms with Crippen molar-refractivity contribution in [2.45, 2.75) is 59.3 Å². The van der Waals surface area contributed by atoms with Gasteiger partial charge >= 0.3 is 12.8 Å². The fourth-order valence-corrected chi connectivity index (χ4v) is 2.95. The highest BCUT2D eigenvalue weighted by atomic mass is 19.1. The molecule has 1 aliphatic rings. The Balaban J connectivity index is 1.87. The Bertz CT molecular complexity index is 892. The number of aromatic nitrogens is 2. The smallest absolute Gasteiger partial charge is 0.399 e. The lowest BCUT2D eigenvalue weighted by molar-refractivity contribution is 0.00578. The van der Waals surface area contributed by atoms with Gasteiger partial charge in [-0.3, -0.25) is 4.57 Å². The summed E-state index contributed by atoms with van der Waals surface area (Å²) in [6.45, 7) is 11.5. The molecule has 0 aliphatic carbocycles. The summed E-state index contributed by atoms with van der Waals surface area (Å²) in [6.07, 6.45) is 0. The fourth-order valence-electron chi connectivity index (χ4n) is 2.95. The molecule has 0 radical (unpaired) electrons. The minimum Gasteiger partial charge on any atom is -0.399 e. The first-order chi connectivity index (χ1) is 12.0. The molecule has 0 atom stereocenters. The summed E-state index contributed by atoms with van der Waals surface area (Å²) in [7, 11) is -0.617. The Labute approximate surface area is 153 Å². The van der Waals surface area contributed by atoms with Crippen molar-refractivity contribution in [1.29, 1.82) is 0 Å². The summed E-state index contributed by atoms with van der Waals surface area (Å²) >= 11 is 0. The average molecular weight is 358 g/mol. The van der Waals surface area contributed by atoms with E-state index in [2.05, 4.69) is 4.98 Å². The Morgan fingerprint density at radius 1 is 1.12 bits per heavy atom. The van der Waals surface area contributed by atoms with Crippen molar-refractivity contribution >= 4 is 12.6 Å². The standard InChI is InChI=1S/C19H24BFN2O3/c1-12-9-13(2)23(17(24)22-12)11-14-7-8-15(10-16(14)21)20-25-18(3,4)19(5,6)26-20/h7-10H,11H2,1-6H3. The van der Waals surface area contributed by atoms with E-state index in [9.17, 15) is 9.18 Å². The van der Waals surface area contributed by atoms with Crippen LogP contribution in [0.3, 0.4) is 0 Å². The van der Waals surface area contributed by atoms with Gasteiger partial charge in [0.15, 0.2) is 0 Å². The maximum Gasteiger partial charge on any atom is 0.494 e. The summed E-state index contributed by atoms with van der Waals surface area (Å²) in [6, 6.07) is 6.67. The average Bonchev–Trinajstić information content (AvgIpc) is 2.72. The molecule has 0 unspecified atom stereocenters. The Morgan fingerprint density at radius 3 is 2.27 bits per heavy atom. The quantitative estimate of drug-likeness (QED) is 0.791. The van der Waals surface area contributed by atoms with Crippen LogP contribution in [0, 0.1) is 19.7 Å². The van der Waals surface area contributed by atoms with Gasteiger partial charge in [-0.2, -0.15) is 4.98 Å². The summed E-state index contributed by atoms with van der Waals surface area (Å²) in [5, 5.41) is 0. The molecule has 5 nitrogen and oxygen atoms in total. The highest BCUT2D eigenvalue weighted by Gasteiger charge is 2.51. The van der Waals surface area contributed by atoms with Crippen molar-refractivity contribution in [2.75, 3.05) is 0 Å². The van der Waals surface area contributed by atoms with Gasteiger partial charge in [0.25, 0.3) is 0 Å². The van der Waals surface area contributed by atoms with Gasteiger partial charge in [-0.1, -0.05) is 12.1 Å². The molecule has 1 aromatic carbocycles. The summed E-state index contributed by atoms with van der Waals surface area (Å²) in [4.78, 5) is 16.0. The number of hydrogen-bond donors (Lipinski definition) is 0. The number of benzene rings is 1. The van der Waals surface area contributed by atoms with E-state index in [4.69, 9.17) is 9.31 Å². The highest BCUT2D eigenvalue weighted by Crippen LogP contribution is 2.36. The zero-order chi connectivity index (χ0) is 19.3. The van der Waals surface area contributed by atoms with E-state index in [1.165, 1.54) is 10.6 Å². The highest BCUT2D eigenvalue weighted by molar-refractivity contribution is 6.62. The third kappa shape index (κ3) is 3.33. The molecule has 0 spiro atoms. The van der Waals surface area contributed by atoms with Crippen molar-refractivity contribution in [3.8, 4) is 0 Å². The lowest BCUT2D eigenvalue weighted by Gasteiger charge is -2.32. The largest absolute Gasteiger partial charge is 0.494 e. The van der Waals surface area contributed by atoms with Crippen LogP contribution in [0.2, 0.25) is 0 Å². The zero-order valence-corrected chi connectivity index (χ0v) is 16.1. The maximum absolute atomic E-state index is 14.7. The van der Waals surface area contributed by atoms with Crippen LogP contribution < -0.4 is 11.2 Å². The van der Waals surface area contributed by atoms with E-state index < -0.39 is 24.1 Å². The van der Waals surface area contributed by atoms with Gasteiger partial charge in [-0.25, -0.2) is 9.18 Å². The second-order valence-corrected chi connectivity index (χ2v) is 7.85. The van der Waals surface area contributed by atoms with Gasteiger partial charge in [0.1, 0.15) is 5.82 Å². The summed E-state index contributed by atoms with van der Waals surface area (Å²) < 4.78 is 28.0. The summed E-state index contributed by atoms with van der Waals surface area (Å²) in [5.74, 6) is -0.399. The molecule has 7 heteroatoms. The van der Waals surface area contributed by atoms with Gasteiger partial charge < -0.3 is 9.31 Å². The second-order valence-electron chi connectivity index (χ2n) is 7.85. The van der Waals surface area contributed by atoms with E-state index in [0.717, 1.165) is 5.69 Å². The second kappa shape index (κ2) is 6.32. The minimum atomic E-state index is -0.617. The minimum absolute atomic E-state index is 0.132. The maximum atomic E-state index is 14.7. The van der Waals surface area contributed by atoms with Crippen LogP contribution in [-0.4, -0.2) is 27.9 Å². The van der Waals surface area contributed by atoms with Gasteiger partial charge in [-0.05, 0) is 59.1 Å². The number of nitrogens with zero attached hydrogens (tertiary/aromatic N) is 2. The predicted octanol–water partition coefficient (Wildman–Crippen LogP) is 2.35. The molecular weight excluding hydrogens is 334 g/mol. The van der Waals surface area contributed by atoms with Crippen molar-refractivity contribution < 1.29 is 13.7 Å². The monoisotopic (exact) mass is 358 g/mol. The summed E-state index contributed by atoms with van der Waals surface area (Å²) in [5.41, 5.74) is 1.10. The van der Waals surface area contributed by atoms with E-state index in [0.29, 0.717) is 16.7 Å². The predicted molar refractivity (Wildman–Crippen MR) is 99.2 cm³/mol. The van der Waals surface area contributed by atoms with E-state index >= 15 is 0 Å². The lowest BCUT2D eigenvalue weighted by Crippen LogP contribution is -2.41. The molecule has 0 N–H and O–H groups in total. The van der Waals surface area contributed by atoms with Gasteiger partial charge in [-0.15, -0.1) is 0 Å². The Morgan fingerprint density at radius 2 is 1.73 bits per heavy atom. The van der Waals surface area contributed by atoms with Crippen molar-refractivity contribution in [3.05, 3.63) is 57.5 Å². The van der Waals surface area contributed by atoms with Crippen molar-refractivity contribution in [1.82, 2.24) is 9.55 Å². The molecule has 0 amide bonds. The Kier molecular flexibility index (Phi) is 4.57. The molecule has 1 saturated heterocycles. The molecular formula is C19H24BFN2O3. The lowest BCUT2D eigenvalue weighted by atomic mass is 9.78. The van der Waals surface area contributed by atoms with Crippen LogP contribution in [0.25, 0.3) is 0 Å². The number of aryl methyl sites for hydroxylation is 2. The molecule has 2 heterocycles.